The van der Waals surface area contributed by atoms with E-state index in [4.69, 9.17) is 23.2 Å². The zero-order chi connectivity index (χ0) is 11.4. The third-order valence-corrected chi connectivity index (χ3v) is 8.01. The van der Waals surface area contributed by atoms with Crippen molar-refractivity contribution < 1.29 is 0 Å². The second-order valence-corrected chi connectivity index (χ2v) is 10.7. The number of alkyl halides is 2. The molecule has 4 bridgehead atoms. The standard InChI is InChI=1S/C12H12Br2Cl2/c13-11-1-9(2-11,3-11)7(15)8(16)10-4-12(14,5-10)6-10/h1-6H2/b8-7+. The van der Waals surface area contributed by atoms with E-state index in [0.717, 1.165) is 10.1 Å². The van der Waals surface area contributed by atoms with E-state index >= 15 is 0 Å². The SMILES string of the molecule is Cl/C(=C(/Cl)C12CC(Br)(C1)C2)C12CC(Br)(C1)C2. The maximum atomic E-state index is 6.55. The van der Waals surface area contributed by atoms with Crippen molar-refractivity contribution in [1.29, 1.82) is 0 Å². The Morgan fingerprint density at radius 3 is 1.12 bits per heavy atom. The first-order chi connectivity index (χ1) is 7.31. The van der Waals surface area contributed by atoms with Crippen molar-refractivity contribution >= 4 is 55.1 Å². The second-order valence-electron chi connectivity index (χ2n) is 6.55. The highest BCUT2D eigenvalue weighted by Gasteiger charge is 2.72. The molecular formula is C12H12Br2Cl2. The largest absolute Gasteiger partial charge is 0.0872 e. The van der Waals surface area contributed by atoms with Gasteiger partial charge < -0.3 is 0 Å². The van der Waals surface area contributed by atoms with Crippen LogP contribution in [0.4, 0.5) is 0 Å². The molecule has 0 N–H and O–H groups in total. The Labute approximate surface area is 122 Å². The molecule has 0 aromatic rings. The fourth-order valence-electron chi connectivity index (χ4n) is 4.26. The average molecular weight is 387 g/mol. The lowest BCUT2D eigenvalue weighted by molar-refractivity contribution is -0.0447. The molecule has 0 radical (unpaired) electrons. The van der Waals surface area contributed by atoms with Gasteiger partial charge in [0.25, 0.3) is 0 Å². The zero-order valence-corrected chi connectivity index (χ0v) is 13.4. The minimum absolute atomic E-state index is 0.261. The topological polar surface area (TPSA) is 0 Å². The van der Waals surface area contributed by atoms with Crippen molar-refractivity contribution in [2.45, 2.75) is 47.2 Å². The smallest absolute Gasteiger partial charge is 0.0395 e. The molecular weight excluding hydrogens is 375 g/mol. The summed E-state index contributed by atoms with van der Waals surface area (Å²) in [6.07, 6.45) is 7.11. The summed E-state index contributed by atoms with van der Waals surface area (Å²) in [6, 6.07) is 0. The van der Waals surface area contributed by atoms with E-state index in [1.54, 1.807) is 0 Å². The fraction of sp³-hybridized carbons (Fsp3) is 0.833. The van der Waals surface area contributed by atoms with E-state index in [1.165, 1.54) is 38.5 Å². The number of hydrogen-bond acceptors (Lipinski definition) is 0. The molecule has 0 nitrogen and oxygen atoms in total. The molecule has 88 valence electrons. The van der Waals surface area contributed by atoms with E-state index in [1.807, 2.05) is 0 Å². The summed E-state index contributed by atoms with van der Waals surface area (Å²) in [5.74, 6) is 0. The van der Waals surface area contributed by atoms with E-state index in [2.05, 4.69) is 31.9 Å². The fourth-order valence-corrected chi connectivity index (χ4v) is 8.28. The molecule has 6 rings (SSSR count). The Hall–Kier alpha value is 1.28. The summed E-state index contributed by atoms with van der Waals surface area (Å²) in [4.78, 5) is 0. The first kappa shape index (κ1) is 11.1. The lowest BCUT2D eigenvalue weighted by Crippen LogP contribution is -2.66. The van der Waals surface area contributed by atoms with Crippen LogP contribution in [0, 0.1) is 10.8 Å². The Morgan fingerprint density at radius 1 is 0.688 bits per heavy atom. The lowest BCUT2D eigenvalue weighted by Gasteiger charge is -2.71. The molecule has 0 spiro atoms. The maximum absolute atomic E-state index is 6.55. The third kappa shape index (κ3) is 1.10. The molecule has 6 saturated carbocycles. The maximum Gasteiger partial charge on any atom is 0.0395 e. The van der Waals surface area contributed by atoms with Gasteiger partial charge in [0, 0.05) is 29.5 Å². The highest BCUT2D eigenvalue weighted by Crippen LogP contribution is 2.80. The van der Waals surface area contributed by atoms with Crippen LogP contribution in [0.1, 0.15) is 38.5 Å². The summed E-state index contributed by atoms with van der Waals surface area (Å²) in [5, 5.41) is 1.98. The quantitative estimate of drug-likeness (QED) is 0.564. The van der Waals surface area contributed by atoms with Gasteiger partial charge in [-0.05, 0) is 38.5 Å². The van der Waals surface area contributed by atoms with Crippen molar-refractivity contribution in [2.24, 2.45) is 10.8 Å². The van der Waals surface area contributed by atoms with Gasteiger partial charge in [-0.3, -0.25) is 0 Å². The molecule has 0 saturated heterocycles. The van der Waals surface area contributed by atoms with Gasteiger partial charge in [0.05, 0.1) is 0 Å². The Morgan fingerprint density at radius 2 is 0.938 bits per heavy atom. The molecule has 16 heavy (non-hydrogen) atoms. The number of allylic oxidation sites excluding steroid dienone is 2. The molecule has 0 amide bonds. The van der Waals surface area contributed by atoms with Crippen molar-refractivity contribution in [3.8, 4) is 0 Å². The van der Waals surface area contributed by atoms with Gasteiger partial charge in [-0.25, -0.2) is 0 Å². The van der Waals surface area contributed by atoms with E-state index in [9.17, 15) is 0 Å². The average Bonchev–Trinajstić information content (AvgIpc) is 2.02. The van der Waals surface area contributed by atoms with Crippen molar-refractivity contribution in [1.82, 2.24) is 0 Å². The number of halogens is 4. The summed E-state index contributed by atoms with van der Waals surface area (Å²) < 4.78 is 0.834. The Kier molecular flexibility index (Phi) is 1.90. The highest BCUT2D eigenvalue weighted by molar-refractivity contribution is 9.10. The van der Waals surface area contributed by atoms with Gasteiger partial charge in [-0.15, -0.1) is 0 Å². The number of hydrogen-bond donors (Lipinski definition) is 0. The number of rotatable bonds is 2. The normalized spacial score (nSPS) is 62.2. The molecule has 6 fully saturated rings. The monoisotopic (exact) mass is 384 g/mol. The van der Waals surface area contributed by atoms with Crippen LogP contribution in [-0.2, 0) is 0 Å². The lowest BCUT2D eigenvalue weighted by atomic mass is 9.41. The first-order valence-electron chi connectivity index (χ1n) is 5.75. The predicted molar refractivity (Wildman–Crippen MR) is 74.6 cm³/mol. The third-order valence-electron chi connectivity index (χ3n) is 5.06. The van der Waals surface area contributed by atoms with Crippen LogP contribution in [0.2, 0.25) is 0 Å². The Balaban J connectivity index is 1.61. The van der Waals surface area contributed by atoms with Crippen LogP contribution in [0.5, 0.6) is 0 Å². The molecule has 0 atom stereocenters. The van der Waals surface area contributed by atoms with Crippen LogP contribution < -0.4 is 0 Å². The highest BCUT2D eigenvalue weighted by atomic mass is 79.9. The zero-order valence-electron chi connectivity index (χ0n) is 8.75. The molecule has 0 aliphatic heterocycles. The van der Waals surface area contributed by atoms with Crippen molar-refractivity contribution in [3.05, 3.63) is 10.1 Å². The molecule has 0 aromatic carbocycles. The van der Waals surface area contributed by atoms with Crippen LogP contribution in [-0.4, -0.2) is 8.65 Å². The van der Waals surface area contributed by atoms with Crippen molar-refractivity contribution in [2.75, 3.05) is 0 Å². The summed E-state index contributed by atoms with van der Waals surface area (Å²) in [7, 11) is 0. The minimum atomic E-state index is 0.261. The van der Waals surface area contributed by atoms with Gasteiger partial charge in [-0.2, -0.15) is 0 Å². The first-order valence-corrected chi connectivity index (χ1v) is 8.09. The van der Waals surface area contributed by atoms with Crippen molar-refractivity contribution in [3.63, 3.8) is 0 Å². The summed E-state index contributed by atoms with van der Waals surface area (Å²) in [5.41, 5.74) is 0.522. The molecule has 6 aliphatic rings. The van der Waals surface area contributed by atoms with Gasteiger partial charge in [0.2, 0.25) is 0 Å². The van der Waals surface area contributed by atoms with Crippen LogP contribution in [0.3, 0.4) is 0 Å². The molecule has 0 heterocycles. The summed E-state index contributed by atoms with van der Waals surface area (Å²) in [6.45, 7) is 0. The predicted octanol–water partition coefficient (Wildman–Crippen LogP) is 5.31. The molecule has 6 aliphatic carbocycles. The van der Waals surface area contributed by atoms with Gasteiger partial charge in [0.15, 0.2) is 0 Å². The molecule has 4 heteroatoms. The van der Waals surface area contributed by atoms with Gasteiger partial charge in [0.1, 0.15) is 0 Å². The van der Waals surface area contributed by atoms with Gasteiger partial charge >= 0.3 is 0 Å². The minimum Gasteiger partial charge on any atom is -0.0872 e. The molecule has 0 unspecified atom stereocenters. The Bertz CT molecular complexity index is 361. The second kappa shape index (κ2) is 2.73. The van der Waals surface area contributed by atoms with E-state index in [-0.39, 0.29) is 10.8 Å². The van der Waals surface area contributed by atoms with Crippen LogP contribution in [0.15, 0.2) is 10.1 Å². The van der Waals surface area contributed by atoms with Gasteiger partial charge in [-0.1, -0.05) is 55.1 Å². The summed E-state index contributed by atoms with van der Waals surface area (Å²) >= 11 is 20.6. The van der Waals surface area contributed by atoms with E-state index < -0.39 is 0 Å². The van der Waals surface area contributed by atoms with Crippen LogP contribution >= 0.6 is 55.1 Å². The van der Waals surface area contributed by atoms with E-state index in [0.29, 0.717) is 8.65 Å². The van der Waals surface area contributed by atoms with Crippen LogP contribution in [0.25, 0.3) is 0 Å². The molecule has 0 aromatic heterocycles.